The molecule has 0 heterocycles. The molecule has 0 aliphatic rings. The van der Waals surface area contributed by atoms with E-state index in [-0.39, 0.29) is 5.04 Å². The van der Waals surface area contributed by atoms with Crippen LogP contribution in [-0.2, 0) is 4.79 Å². The van der Waals surface area contributed by atoms with Gasteiger partial charge in [-0.05, 0) is 25.3 Å². The molecular formula is C11H12FNOS. The molecule has 2 nitrogen and oxygen atoms in total. The van der Waals surface area contributed by atoms with Crippen molar-refractivity contribution >= 4 is 28.3 Å². The summed E-state index contributed by atoms with van der Waals surface area (Å²) in [6, 6.07) is 9.03. The van der Waals surface area contributed by atoms with Gasteiger partial charge in [0.1, 0.15) is 5.04 Å². The van der Waals surface area contributed by atoms with Gasteiger partial charge in [0, 0.05) is 0 Å². The summed E-state index contributed by atoms with van der Waals surface area (Å²) in [5, 5.41) is 0.203. The molecule has 1 aromatic rings. The van der Waals surface area contributed by atoms with E-state index in [0.29, 0.717) is 5.69 Å². The summed E-state index contributed by atoms with van der Waals surface area (Å²) in [7, 11) is 0. The Kier molecular flexibility index (Phi) is 4.49. The molecule has 80 valence electrons. The van der Waals surface area contributed by atoms with Crippen LogP contribution >= 0.6 is 11.8 Å². The molecule has 0 amide bonds. The van der Waals surface area contributed by atoms with Gasteiger partial charge >= 0.3 is 0 Å². The third kappa shape index (κ3) is 3.47. The number of ketones is 1. The van der Waals surface area contributed by atoms with E-state index in [1.807, 2.05) is 18.2 Å². The zero-order valence-electron chi connectivity index (χ0n) is 8.61. The maximum Gasteiger partial charge on any atom is 0.205 e. The van der Waals surface area contributed by atoms with E-state index in [2.05, 4.69) is 4.99 Å². The number of rotatable bonds is 3. The van der Waals surface area contributed by atoms with Gasteiger partial charge in [0.05, 0.1) is 5.69 Å². The van der Waals surface area contributed by atoms with Gasteiger partial charge in [-0.25, -0.2) is 9.38 Å². The fourth-order valence-electron chi connectivity index (χ4n) is 1.01. The molecule has 0 aliphatic heterocycles. The molecule has 1 atom stereocenters. The van der Waals surface area contributed by atoms with Crippen molar-refractivity contribution in [3.05, 3.63) is 30.3 Å². The van der Waals surface area contributed by atoms with Crippen molar-refractivity contribution in [1.29, 1.82) is 0 Å². The highest BCUT2D eigenvalue weighted by Crippen LogP contribution is 2.17. The normalized spacial score (nSPS) is 13.7. The third-order valence-corrected chi connectivity index (χ3v) is 2.49. The maximum absolute atomic E-state index is 13.4. The molecule has 1 aromatic carbocycles. The largest absolute Gasteiger partial charge is 0.296 e. The SMILES string of the molecule is CSC(=Nc1ccccc1)C(F)C(C)=O. The number of alkyl halides is 1. The van der Waals surface area contributed by atoms with Gasteiger partial charge in [-0.3, -0.25) is 4.79 Å². The van der Waals surface area contributed by atoms with Crippen molar-refractivity contribution in [2.24, 2.45) is 4.99 Å². The van der Waals surface area contributed by atoms with Crippen LogP contribution in [0.1, 0.15) is 6.92 Å². The monoisotopic (exact) mass is 225 g/mol. The van der Waals surface area contributed by atoms with Gasteiger partial charge in [-0.2, -0.15) is 0 Å². The van der Waals surface area contributed by atoms with Crippen LogP contribution in [0.3, 0.4) is 0 Å². The molecule has 4 heteroatoms. The zero-order valence-corrected chi connectivity index (χ0v) is 9.42. The molecule has 0 spiro atoms. The Hall–Kier alpha value is -1.16. The van der Waals surface area contributed by atoms with Crippen LogP contribution in [0.5, 0.6) is 0 Å². The van der Waals surface area contributed by atoms with Gasteiger partial charge in [-0.15, -0.1) is 11.8 Å². The third-order valence-electron chi connectivity index (χ3n) is 1.78. The van der Waals surface area contributed by atoms with Gasteiger partial charge in [0.25, 0.3) is 0 Å². The average Bonchev–Trinajstić information content (AvgIpc) is 2.26. The molecule has 0 saturated carbocycles. The van der Waals surface area contributed by atoms with E-state index in [1.54, 1.807) is 18.4 Å². The molecule has 0 radical (unpaired) electrons. The summed E-state index contributed by atoms with van der Waals surface area (Å²) >= 11 is 1.16. The number of carbonyl (C=O) groups is 1. The molecule has 0 fully saturated rings. The highest BCUT2D eigenvalue weighted by Gasteiger charge is 2.18. The fraction of sp³-hybridized carbons (Fsp3) is 0.273. The fourth-order valence-corrected chi connectivity index (χ4v) is 1.58. The molecule has 1 unspecified atom stereocenters. The number of hydrogen-bond acceptors (Lipinski definition) is 3. The van der Waals surface area contributed by atoms with Crippen LogP contribution in [0.2, 0.25) is 0 Å². The van der Waals surface area contributed by atoms with Gasteiger partial charge in [0.2, 0.25) is 6.17 Å². The zero-order chi connectivity index (χ0) is 11.3. The number of para-hydroxylation sites is 1. The summed E-state index contributed by atoms with van der Waals surface area (Å²) in [6.07, 6.45) is 0.0947. The van der Waals surface area contributed by atoms with Crippen molar-refractivity contribution in [2.75, 3.05) is 6.26 Å². The van der Waals surface area contributed by atoms with Gasteiger partial charge in [0.15, 0.2) is 5.78 Å². The first-order valence-electron chi connectivity index (χ1n) is 4.47. The summed E-state index contributed by atoms with van der Waals surface area (Å²) in [5.74, 6) is -0.515. The molecule has 0 aliphatic carbocycles. The quantitative estimate of drug-likeness (QED) is 0.584. The molecule has 0 N–H and O–H groups in total. The summed E-state index contributed by atoms with van der Waals surface area (Å²) < 4.78 is 13.4. The van der Waals surface area contributed by atoms with Crippen LogP contribution in [0, 0.1) is 0 Å². The van der Waals surface area contributed by atoms with Crippen molar-refractivity contribution < 1.29 is 9.18 Å². The molecule has 0 saturated heterocycles. The number of nitrogens with zero attached hydrogens (tertiary/aromatic N) is 1. The lowest BCUT2D eigenvalue weighted by Gasteiger charge is -2.05. The minimum Gasteiger partial charge on any atom is -0.296 e. The second-order valence-electron chi connectivity index (χ2n) is 2.96. The van der Waals surface area contributed by atoms with Crippen LogP contribution in [-0.4, -0.2) is 23.3 Å². The van der Waals surface area contributed by atoms with E-state index in [4.69, 9.17) is 0 Å². The Bertz CT molecular complexity index is 364. The topological polar surface area (TPSA) is 29.4 Å². The number of halogens is 1. The van der Waals surface area contributed by atoms with Crippen LogP contribution in [0.15, 0.2) is 35.3 Å². The molecule has 15 heavy (non-hydrogen) atoms. The number of thioether (sulfide) groups is 1. The second-order valence-corrected chi connectivity index (χ2v) is 3.79. The summed E-state index contributed by atoms with van der Waals surface area (Å²) in [4.78, 5) is 14.9. The predicted octanol–water partition coefficient (Wildman–Crippen LogP) is 3.01. The predicted molar refractivity (Wildman–Crippen MR) is 62.6 cm³/mol. The van der Waals surface area contributed by atoms with E-state index in [0.717, 1.165) is 11.8 Å². The lowest BCUT2D eigenvalue weighted by molar-refractivity contribution is -0.119. The first-order chi connectivity index (χ1) is 7.15. The number of carbonyl (C=O) groups excluding carboxylic acids is 1. The second kappa shape index (κ2) is 5.66. The van der Waals surface area contributed by atoms with E-state index >= 15 is 0 Å². The van der Waals surface area contributed by atoms with E-state index < -0.39 is 12.0 Å². The summed E-state index contributed by atoms with van der Waals surface area (Å²) in [5.41, 5.74) is 0.658. The minimum atomic E-state index is -1.61. The molecule has 0 aromatic heterocycles. The highest BCUT2D eigenvalue weighted by molar-refractivity contribution is 8.13. The first kappa shape index (κ1) is 11.9. The van der Waals surface area contributed by atoms with Crippen LogP contribution < -0.4 is 0 Å². The lowest BCUT2D eigenvalue weighted by atomic mass is 10.3. The first-order valence-corrected chi connectivity index (χ1v) is 5.69. The Morgan fingerprint density at radius 2 is 2.00 bits per heavy atom. The number of benzene rings is 1. The van der Waals surface area contributed by atoms with E-state index in [1.165, 1.54) is 6.92 Å². The van der Waals surface area contributed by atoms with Gasteiger partial charge in [-0.1, -0.05) is 18.2 Å². The van der Waals surface area contributed by atoms with Crippen molar-refractivity contribution in [3.63, 3.8) is 0 Å². The lowest BCUT2D eigenvalue weighted by Crippen LogP contribution is -2.20. The van der Waals surface area contributed by atoms with Crippen molar-refractivity contribution in [2.45, 2.75) is 13.1 Å². The smallest absolute Gasteiger partial charge is 0.205 e. The summed E-state index contributed by atoms with van der Waals surface area (Å²) in [6.45, 7) is 1.22. The molecule has 1 rings (SSSR count). The number of Topliss-reactive ketones (excluding diaryl/α,β-unsaturated/α-hetero) is 1. The maximum atomic E-state index is 13.4. The minimum absolute atomic E-state index is 0.203. The Balaban J connectivity index is 2.92. The van der Waals surface area contributed by atoms with Crippen molar-refractivity contribution in [1.82, 2.24) is 0 Å². The van der Waals surface area contributed by atoms with Crippen LogP contribution in [0.25, 0.3) is 0 Å². The van der Waals surface area contributed by atoms with Crippen molar-refractivity contribution in [3.8, 4) is 0 Å². The average molecular weight is 225 g/mol. The molecule has 0 bridgehead atoms. The molecular weight excluding hydrogens is 213 g/mol. The van der Waals surface area contributed by atoms with Gasteiger partial charge < -0.3 is 0 Å². The van der Waals surface area contributed by atoms with E-state index in [9.17, 15) is 9.18 Å². The number of hydrogen-bond donors (Lipinski definition) is 0. The number of aliphatic imine (C=N–C) groups is 1. The standard InChI is InChI=1S/C11H12FNOS/c1-8(14)10(12)11(15-2)13-9-6-4-3-5-7-9/h3-7,10H,1-2H3. The van der Waals surface area contributed by atoms with Crippen LogP contribution in [0.4, 0.5) is 10.1 Å². The Morgan fingerprint density at radius 3 is 2.47 bits per heavy atom. The highest BCUT2D eigenvalue weighted by atomic mass is 32.2. The Labute approximate surface area is 92.6 Å². The Morgan fingerprint density at radius 1 is 1.40 bits per heavy atom.